The monoisotopic (exact) mass is 268 g/mol. The summed E-state index contributed by atoms with van der Waals surface area (Å²) >= 11 is 0. The largest absolute Gasteiger partial charge is 0.481 e. The molecule has 0 aliphatic rings. The van der Waals surface area contributed by atoms with Crippen molar-refractivity contribution in [1.82, 2.24) is 20.0 Å². The van der Waals surface area contributed by atoms with Gasteiger partial charge in [-0.05, 0) is 12.0 Å². The Balaban J connectivity index is 2.28. The van der Waals surface area contributed by atoms with Gasteiger partial charge in [-0.1, -0.05) is 6.92 Å². The average Bonchev–Trinajstić information content (AvgIpc) is 2.74. The molecule has 0 aromatic carbocycles. The van der Waals surface area contributed by atoms with Crippen LogP contribution >= 0.6 is 0 Å². The van der Waals surface area contributed by atoms with E-state index < -0.39 is 11.9 Å². The van der Waals surface area contributed by atoms with Gasteiger partial charge in [0.25, 0.3) is 0 Å². The molecule has 0 bridgehead atoms. The number of nitrogens with one attached hydrogen (secondary N) is 1. The lowest BCUT2D eigenvalue weighted by molar-refractivity contribution is -0.141. The molecule has 19 heavy (non-hydrogen) atoms. The molecule has 0 aliphatic heterocycles. The molecule has 1 heterocycles. The van der Waals surface area contributed by atoms with Crippen LogP contribution in [0.1, 0.15) is 12.5 Å². The van der Waals surface area contributed by atoms with Crippen LogP contribution < -0.4 is 5.32 Å². The van der Waals surface area contributed by atoms with Gasteiger partial charge in [0.1, 0.15) is 0 Å². The number of carboxylic acids is 1. The smallest absolute Gasteiger partial charge is 0.317 e. The second-order valence-electron chi connectivity index (χ2n) is 4.62. The number of carbonyl (C=O) groups excluding carboxylic acids is 1. The van der Waals surface area contributed by atoms with E-state index in [2.05, 4.69) is 10.4 Å². The number of hydrogen-bond acceptors (Lipinski definition) is 3. The summed E-state index contributed by atoms with van der Waals surface area (Å²) in [5, 5.41) is 15.6. The lowest BCUT2D eigenvalue weighted by atomic mass is 10.2. The van der Waals surface area contributed by atoms with Crippen LogP contribution in [0.25, 0.3) is 0 Å². The number of urea groups is 1. The van der Waals surface area contributed by atoms with Gasteiger partial charge in [-0.3, -0.25) is 9.48 Å². The standard InChI is InChI=1S/C12H20N4O3/c1-9(11(17)18)7-15(2)12(19)13-5-4-10-6-14-16(3)8-10/h6,8-9H,4-5,7H2,1-3H3,(H,13,19)(H,17,18). The molecule has 1 aromatic heterocycles. The van der Waals surface area contributed by atoms with Gasteiger partial charge in [0.15, 0.2) is 0 Å². The Morgan fingerprint density at radius 1 is 1.58 bits per heavy atom. The van der Waals surface area contributed by atoms with Gasteiger partial charge in [0, 0.05) is 33.4 Å². The van der Waals surface area contributed by atoms with Gasteiger partial charge in [0.2, 0.25) is 0 Å². The van der Waals surface area contributed by atoms with Crippen molar-refractivity contribution >= 4 is 12.0 Å². The Bertz CT molecular complexity index is 444. The third-order valence-electron chi connectivity index (χ3n) is 2.76. The molecule has 2 amide bonds. The molecule has 7 nitrogen and oxygen atoms in total. The van der Waals surface area contributed by atoms with E-state index in [4.69, 9.17) is 5.11 Å². The van der Waals surface area contributed by atoms with Gasteiger partial charge in [0.05, 0.1) is 12.1 Å². The average molecular weight is 268 g/mol. The maximum Gasteiger partial charge on any atom is 0.317 e. The summed E-state index contributed by atoms with van der Waals surface area (Å²) in [6.07, 6.45) is 4.34. The topological polar surface area (TPSA) is 87.5 Å². The summed E-state index contributed by atoms with van der Waals surface area (Å²) in [5.74, 6) is -1.48. The van der Waals surface area contributed by atoms with Gasteiger partial charge >= 0.3 is 12.0 Å². The molecular formula is C12H20N4O3. The quantitative estimate of drug-likeness (QED) is 0.778. The summed E-state index contributed by atoms with van der Waals surface area (Å²) in [6, 6.07) is -0.267. The van der Waals surface area contributed by atoms with Crippen molar-refractivity contribution in [3.63, 3.8) is 0 Å². The van der Waals surface area contributed by atoms with Gasteiger partial charge in [-0.25, -0.2) is 4.79 Å². The van der Waals surface area contributed by atoms with E-state index in [0.29, 0.717) is 13.0 Å². The van der Waals surface area contributed by atoms with E-state index in [-0.39, 0.29) is 12.6 Å². The Morgan fingerprint density at radius 2 is 2.26 bits per heavy atom. The first-order chi connectivity index (χ1) is 8.90. The van der Waals surface area contributed by atoms with E-state index >= 15 is 0 Å². The molecule has 2 N–H and O–H groups in total. The van der Waals surface area contributed by atoms with Crippen LogP contribution in [0.3, 0.4) is 0 Å². The van der Waals surface area contributed by atoms with Crippen molar-refractivity contribution < 1.29 is 14.7 Å². The third-order valence-corrected chi connectivity index (χ3v) is 2.76. The molecule has 0 aliphatic carbocycles. The van der Waals surface area contributed by atoms with Crippen molar-refractivity contribution in [2.24, 2.45) is 13.0 Å². The summed E-state index contributed by atoms with van der Waals surface area (Å²) in [5.41, 5.74) is 1.05. The molecular weight excluding hydrogens is 248 g/mol. The minimum atomic E-state index is -0.907. The lowest BCUT2D eigenvalue weighted by Crippen LogP contribution is -2.41. The Kier molecular flexibility index (Phi) is 5.35. The van der Waals surface area contributed by atoms with Crippen LogP contribution in [0.5, 0.6) is 0 Å². The van der Waals surface area contributed by atoms with Crippen molar-refractivity contribution in [2.45, 2.75) is 13.3 Å². The number of aliphatic carboxylic acids is 1. The fraction of sp³-hybridized carbons (Fsp3) is 0.583. The summed E-state index contributed by atoms with van der Waals surface area (Å²) < 4.78 is 1.71. The van der Waals surface area contributed by atoms with E-state index in [0.717, 1.165) is 5.56 Å². The van der Waals surface area contributed by atoms with Crippen molar-refractivity contribution in [2.75, 3.05) is 20.1 Å². The van der Waals surface area contributed by atoms with Crippen LogP contribution in [-0.4, -0.2) is 51.9 Å². The van der Waals surface area contributed by atoms with Crippen LogP contribution in [0, 0.1) is 5.92 Å². The maximum atomic E-state index is 11.7. The lowest BCUT2D eigenvalue weighted by Gasteiger charge is -2.19. The fourth-order valence-electron chi connectivity index (χ4n) is 1.62. The fourth-order valence-corrected chi connectivity index (χ4v) is 1.62. The predicted octanol–water partition coefficient (Wildman–Crippen LogP) is 0.325. The minimum Gasteiger partial charge on any atom is -0.481 e. The summed E-state index contributed by atoms with van der Waals surface area (Å²) in [6.45, 7) is 2.26. The number of amides is 2. The molecule has 1 unspecified atom stereocenters. The molecule has 0 saturated carbocycles. The molecule has 0 radical (unpaired) electrons. The third kappa shape index (κ3) is 4.99. The van der Waals surface area contributed by atoms with Crippen molar-refractivity contribution in [1.29, 1.82) is 0 Å². The molecule has 0 fully saturated rings. The summed E-state index contributed by atoms with van der Waals surface area (Å²) in [4.78, 5) is 23.8. The van der Waals surface area contributed by atoms with E-state index in [1.54, 1.807) is 24.9 Å². The zero-order valence-corrected chi connectivity index (χ0v) is 11.5. The zero-order valence-electron chi connectivity index (χ0n) is 11.5. The van der Waals surface area contributed by atoms with Gasteiger partial charge in [-0.2, -0.15) is 5.10 Å². The maximum absolute atomic E-state index is 11.7. The predicted molar refractivity (Wildman–Crippen MR) is 69.7 cm³/mol. The number of carboxylic acid groups (broad SMARTS) is 1. The number of aryl methyl sites for hydroxylation is 1. The first-order valence-corrected chi connectivity index (χ1v) is 6.09. The van der Waals surface area contributed by atoms with E-state index in [1.807, 2.05) is 13.2 Å². The normalized spacial score (nSPS) is 11.9. The molecule has 1 rings (SSSR count). The molecule has 106 valence electrons. The number of rotatable bonds is 6. The first kappa shape index (κ1) is 15.0. The second-order valence-corrected chi connectivity index (χ2v) is 4.62. The molecule has 7 heteroatoms. The second kappa shape index (κ2) is 6.77. The first-order valence-electron chi connectivity index (χ1n) is 6.09. The Hall–Kier alpha value is -2.05. The number of hydrogen-bond donors (Lipinski definition) is 2. The highest BCUT2D eigenvalue weighted by molar-refractivity contribution is 5.75. The van der Waals surface area contributed by atoms with Gasteiger partial charge in [-0.15, -0.1) is 0 Å². The minimum absolute atomic E-state index is 0.189. The molecule has 1 aromatic rings. The molecule has 0 saturated heterocycles. The highest BCUT2D eigenvalue weighted by Crippen LogP contribution is 1.99. The number of nitrogens with zero attached hydrogens (tertiary/aromatic N) is 3. The van der Waals surface area contributed by atoms with Gasteiger partial charge < -0.3 is 15.3 Å². The molecule has 0 spiro atoms. The number of carbonyl (C=O) groups is 2. The van der Waals surface area contributed by atoms with E-state index in [9.17, 15) is 9.59 Å². The van der Waals surface area contributed by atoms with Crippen LogP contribution in [0.4, 0.5) is 4.79 Å². The van der Waals surface area contributed by atoms with E-state index in [1.165, 1.54) is 4.90 Å². The van der Waals surface area contributed by atoms with Crippen LogP contribution in [-0.2, 0) is 18.3 Å². The highest BCUT2D eigenvalue weighted by Gasteiger charge is 2.16. The molecule has 1 atom stereocenters. The SMILES string of the molecule is CC(CN(C)C(=O)NCCc1cnn(C)c1)C(=O)O. The Labute approximate surface area is 112 Å². The van der Waals surface area contributed by atoms with Crippen LogP contribution in [0.15, 0.2) is 12.4 Å². The van der Waals surface area contributed by atoms with Crippen molar-refractivity contribution in [3.05, 3.63) is 18.0 Å². The summed E-state index contributed by atoms with van der Waals surface area (Å²) in [7, 11) is 3.42. The van der Waals surface area contributed by atoms with Crippen molar-refractivity contribution in [3.8, 4) is 0 Å². The Morgan fingerprint density at radius 3 is 2.79 bits per heavy atom. The van der Waals surface area contributed by atoms with Crippen LogP contribution in [0.2, 0.25) is 0 Å². The highest BCUT2D eigenvalue weighted by atomic mass is 16.4. The number of aromatic nitrogens is 2. The zero-order chi connectivity index (χ0) is 14.4.